The fraction of sp³-hybridized carbons (Fsp3) is 0.517. The highest BCUT2D eigenvalue weighted by Gasteiger charge is 2.54. The second-order valence-corrected chi connectivity index (χ2v) is 25.0. The SMILES string of the molecule is Cc1ccc(-c2cc(C(C)(C)C)cc(C34CC5CC(CC(C5)C3)C4)c2O)c(-c2cc(C(F)(F)F)cc(-c3cc(C)ccc3-c3cc(C(C)(C)C)cc(C45CC6CC(CC(C6)C4)C5)c3O)n2)c1. The molecule has 8 saturated carbocycles. The summed E-state index contributed by atoms with van der Waals surface area (Å²) in [6.45, 7) is 17.1. The van der Waals surface area contributed by atoms with Crippen LogP contribution in [0, 0.1) is 49.4 Å². The van der Waals surface area contributed by atoms with Gasteiger partial charge < -0.3 is 10.2 Å². The molecule has 6 heteroatoms. The summed E-state index contributed by atoms with van der Waals surface area (Å²) < 4.78 is 46.2. The molecule has 0 unspecified atom stereocenters. The van der Waals surface area contributed by atoms with E-state index < -0.39 is 11.7 Å². The van der Waals surface area contributed by atoms with Crippen molar-refractivity contribution in [3.63, 3.8) is 0 Å². The Morgan fingerprint density at radius 2 is 0.773 bits per heavy atom. The molecule has 0 aliphatic heterocycles. The maximum atomic E-state index is 15.4. The number of rotatable bonds is 6. The van der Waals surface area contributed by atoms with Gasteiger partial charge in [-0.05, 0) is 207 Å². The van der Waals surface area contributed by atoms with E-state index in [-0.39, 0.29) is 44.5 Å². The lowest BCUT2D eigenvalue weighted by Crippen LogP contribution is -2.48. The van der Waals surface area contributed by atoms with Crippen molar-refractivity contribution < 1.29 is 23.4 Å². The van der Waals surface area contributed by atoms with Gasteiger partial charge in [0.1, 0.15) is 11.5 Å². The van der Waals surface area contributed by atoms with Gasteiger partial charge in [0.2, 0.25) is 0 Å². The molecular weight excluding hydrogens is 824 g/mol. The molecule has 8 bridgehead atoms. The van der Waals surface area contributed by atoms with Gasteiger partial charge >= 0.3 is 6.18 Å². The number of nitrogens with zero attached hydrogens (tertiary/aromatic N) is 1. The van der Waals surface area contributed by atoms with Gasteiger partial charge in [-0.2, -0.15) is 13.2 Å². The number of pyridine rings is 1. The minimum Gasteiger partial charge on any atom is -0.507 e. The van der Waals surface area contributed by atoms with Gasteiger partial charge in [0.25, 0.3) is 0 Å². The van der Waals surface area contributed by atoms with E-state index in [1.54, 1.807) is 0 Å². The highest BCUT2D eigenvalue weighted by atomic mass is 19.4. The second-order valence-electron chi connectivity index (χ2n) is 25.0. The normalized spacial score (nSPS) is 29.0. The minimum atomic E-state index is -4.67. The van der Waals surface area contributed by atoms with Crippen molar-refractivity contribution in [1.82, 2.24) is 4.98 Å². The number of hydrogen-bond donors (Lipinski definition) is 2. The van der Waals surface area contributed by atoms with E-state index in [0.717, 1.165) is 71.9 Å². The van der Waals surface area contributed by atoms with Crippen LogP contribution in [0.25, 0.3) is 44.8 Å². The van der Waals surface area contributed by atoms with Crippen LogP contribution in [0.3, 0.4) is 0 Å². The summed E-state index contributed by atoms with van der Waals surface area (Å²) in [5, 5.41) is 25.4. The molecule has 8 fully saturated rings. The summed E-state index contributed by atoms with van der Waals surface area (Å²) in [7, 11) is 0. The van der Waals surface area contributed by atoms with Crippen LogP contribution in [0.15, 0.2) is 72.8 Å². The zero-order valence-corrected chi connectivity index (χ0v) is 40.4. The van der Waals surface area contributed by atoms with Crippen molar-refractivity contribution >= 4 is 0 Å². The molecule has 66 heavy (non-hydrogen) atoms. The molecule has 1 aromatic heterocycles. The van der Waals surface area contributed by atoms with Gasteiger partial charge in [0.05, 0.1) is 17.0 Å². The maximum Gasteiger partial charge on any atom is 0.416 e. The van der Waals surface area contributed by atoms with Gasteiger partial charge in [-0.15, -0.1) is 0 Å². The average molecular weight is 892 g/mol. The van der Waals surface area contributed by atoms with E-state index >= 15 is 13.2 Å². The minimum absolute atomic E-state index is 0.103. The van der Waals surface area contributed by atoms with Crippen LogP contribution >= 0.6 is 0 Å². The zero-order valence-electron chi connectivity index (χ0n) is 40.4. The lowest BCUT2D eigenvalue weighted by atomic mass is 9.47. The lowest BCUT2D eigenvalue weighted by molar-refractivity contribution is -0.137. The first kappa shape index (κ1) is 44.0. The number of alkyl halides is 3. The van der Waals surface area contributed by atoms with Gasteiger partial charge in [-0.1, -0.05) is 89.1 Å². The van der Waals surface area contributed by atoms with E-state index in [9.17, 15) is 10.2 Å². The Hall–Kier alpha value is -4.58. The van der Waals surface area contributed by atoms with E-state index in [1.165, 1.54) is 50.7 Å². The molecule has 0 amide bonds. The highest BCUT2D eigenvalue weighted by Crippen LogP contribution is 2.65. The number of aryl methyl sites for hydroxylation is 2. The van der Waals surface area contributed by atoms with Gasteiger partial charge in [0, 0.05) is 33.4 Å². The van der Waals surface area contributed by atoms with Crippen molar-refractivity contribution in [3.8, 4) is 56.3 Å². The molecule has 8 aliphatic carbocycles. The molecule has 5 aromatic rings. The number of halogens is 3. The third kappa shape index (κ3) is 7.41. The van der Waals surface area contributed by atoms with Crippen LogP contribution in [-0.4, -0.2) is 15.2 Å². The topological polar surface area (TPSA) is 53.4 Å². The standard InChI is InChI=1S/C60H68F3NO2/c1-33-9-11-44(48-21-41(56(3,4)5)23-50(54(48)65)58-27-35-15-36(28-58)17-37(16-35)29-58)46(13-33)52-25-43(60(61,62)63)26-53(64-52)47-14-34(2)10-12-45(47)49-22-42(57(6,7)8)24-51(55(49)66)59-30-38-18-39(31-59)20-40(19-38)32-59/h9-14,21-26,35-40,65-66H,15-20,27-32H2,1-8H3. The van der Waals surface area contributed by atoms with E-state index in [1.807, 2.05) is 50.2 Å². The third-order valence-corrected chi connectivity index (χ3v) is 17.8. The molecule has 346 valence electrons. The molecule has 3 nitrogen and oxygen atoms in total. The summed E-state index contributed by atoms with van der Waals surface area (Å²) in [5.41, 5.74) is 8.72. The van der Waals surface area contributed by atoms with E-state index in [0.29, 0.717) is 68.9 Å². The largest absolute Gasteiger partial charge is 0.507 e. The van der Waals surface area contributed by atoms with E-state index in [2.05, 4.69) is 65.8 Å². The van der Waals surface area contributed by atoms with Crippen molar-refractivity contribution in [3.05, 3.63) is 112 Å². The van der Waals surface area contributed by atoms with Gasteiger partial charge in [-0.3, -0.25) is 0 Å². The molecule has 2 N–H and O–H groups in total. The summed E-state index contributed by atoms with van der Waals surface area (Å²) in [6.07, 6.45) is 9.51. The number of aromatic hydroxyl groups is 2. The Morgan fingerprint density at radius 3 is 1.08 bits per heavy atom. The number of phenolic OH excluding ortho intramolecular Hbond substituents is 2. The van der Waals surface area contributed by atoms with Gasteiger partial charge in [-0.25, -0.2) is 4.98 Å². The molecule has 8 aliphatic rings. The Balaban J connectivity index is 1.10. The number of hydrogen-bond acceptors (Lipinski definition) is 3. The molecule has 1 heterocycles. The van der Waals surface area contributed by atoms with Crippen molar-refractivity contribution in [2.24, 2.45) is 35.5 Å². The van der Waals surface area contributed by atoms with Crippen molar-refractivity contribution in [2.75, 3.05) is 0 Å². The number of benzene rings is 4. The van der Waals surface area contributed by atoms with Crippen molar-refractivity contribution in [2.45, 2.75) is 160 Å². The summed E-state index contributed by atoms with van der Waals surface area (Å²) in [4.78, 5) is 5.23. The molecule has 13 rings (SSSR count). The first-order chi connectivity index (χ1) is 31.0. The van der Waals surface area contributed by atoms with Crippen LogP contribution in [0.2, 0.25) is 0 Å². The summed E-state index contributed by atoms with van der Waals surface area (Å²) in [6, 6.07) is 22.8. The van der Waals surface area contributed by atoms with Crippen LogP contribution in [0.4, 0.5) is 13.2 Å². The van der Waals surface area contributed by atoms with Crippen LogP contribution < -0.4 is 0 Å². The van der Waals surface area contributed by atoms with Gasteiger partial charge in [0.15, 0.2) is 0 Å². The molecule has 4 aromatic carbocycles. The Bertz CT molecular complexity index is 2530. The second kappa shape index (κ2) is 15.0. The third-order valence-electron chi connectivity index (χ3n) is 17.8. The summed E-state index contributed by atoms with van der Waals surface area (Å²) >= 11 is 0. The smallest absolute Gasteiger partial charge is 0.416 e. The predicted molar refractivity (Wildman–Crippen MR) is 261 cm³/mol. The molecular formula is C60H68F3NO2. The Labute approximate surface area is 390 Å². The van der Waals surface area contributed by atoms with Crippen molar-refractivity contribution in [1.29, 1.82) is 0 Å². The first-order valence-electron chi connectivity index (χ1n) is 25.1. The monoisotopic (exact) mass is 892 g/mol. The van der Waals surface area contributed by atoms with Crippen LogP contribution in [-0.2, 0) is 27.8 Å². The molecule has 0 atom stereocenters. The van der Waals surface area contributed by atoms with E-state index in [4.69, 9.17) is 4.98 Å². The molecule has 0 radical (unpaired) electrons. The number of aromatic nitrogens is 1. The summed E-state index contributed by atoms with van der Waals surface area (Å²) in [5.74, 6) is 4.56. The lowest BCUT2D eigenvalue weighted by Gasteiger charge is -2.57. The van der Waals surface area contributed by atoms with Crippen LogP contribution in [0.1, 0.15) is 158 Å². The quantitative estimate of drug-likeness (QED) is 0.179. The Morgan fingerprint density at radius 1 is 0.439 bits per heavy atom. The highest BCUT2D eigenvalue weighted by molar-refractivity contribution is 5.90. The number of phenols is 2. The fourth-order valence-corrected chi connectivity index (χ4v) is 15.4. The first-order valence-corrected chi connectivity index (χ1v) is 25.1. The predicted octanol–water partition coefficient (Wildman–Crippen LogP) is 16.3. The Kier molecular flexibility index (Phi) is 9.96. The maximum absolute atomic E-state index is 15.4. The zero-order chi connectivity index (χ0) is 46.5. The molecule has 0 spiro atoms. The van der Waals surface area contributed by atoms with Crippen LogP contribution in [0.5, 0.6) is 11.5 Å². The fourth-order valence-electron chi connectivity index (χ4n) is 15.4. The average Bonchev–Trinajstić information content (AvgIpc) is 3.21. The molecule has 0 saturated heterocycles.